The van der Waals surface area contributed by atoms with Gasteiger partial charge in [0.05, 0.1) is 28.7 Å². The number of anilines is 1. The van der Waals surface area contributed by atoms with E-state index in [9.17, 15) is 0 Å². The van der Waals surface area contributed by atoms with Gasteiger partial charge in [-0.3, -0.25) is 4.90 Å². The minimum atomic E-state index is 0.659. The third-order valence-corrected chi connectivity index (χ3v) is 7.23. The molecule has 1 aliphatic heterocycles. The van der Waals surface area contributed by atoms with E-state index >= 15 is 0 Å². The van der Waals surface area contributed by atoms with E-state index in [0.29, 0.717) is 6.61 Å². The van der Waals surface area contributed by atoms with Crippen LogP contribution in [-0.2, 0) is 0 Å². The first-order chi connectivity index (χ1) is 18.2. The van der Waals surface area contributed by atoms with Crippen LogP contribution >= 0.6 is 0 Å². The van der Waals surface area contributed by atoms with Crippen molar-refractivity contribution in [2.24, 2.45) is 0 Å². The molecule has 0 bridgehead atoms. The number of benzene rings is 3. The summed E-state index contributed by atoms with van der Waals surface area (Å²) in [6, 6.07) is 20.9. The van der Waals surface area contributed by atoms with Crippen LogP contribution in [0.5, 0.6) is 5.75 Å². The molecular weight excluding hydrogens is 460 g/mol. The lowest BCUT2D eigenvalue weighted by Gasteiger charge is -2.36. The minimum absolute atomic E-state index is 0.659. The maximum atomic E-state index is 5.56. The van der Waals surface area contributed by atoms with Crippen molar-refractivity contribution in [1.29, 1.82) is 0 Å². The van der Waals surface area contributed by atoms with Gasteiger partial charge in [-0.1, -0.05) is 13.3 Å². The van der Waals surface area contributed by atoms with Crippen LogP contribution in [0.1, 0.15) is 26.7 Å². The van der Waals surface area contributed by atoms with Gasteiger partial charge in [0.15, 0.2) is 0 Å². The van der Waals surface area contributed by atoms with Crippen LogP contribution in [0, 0.1) is 0 Å². The molecule has 3 aromatic carbocycles. The standard InChI is InChI=1S/C30H34N6O/c1-3-5-14-35-15-17-36(18-16-35)23-9-13-26-28(20-23)34-30(32-26)22-8-12-25-27(19-22)33-29(31-25)21-6-10-24(11-7-21)37-4-2/h6-13,19-20H,3-5,14-18H2,1-2H3,(H,31,33)(H,32,34). The van der Waals surface area contributed by atoms with Crippen LogP contribution in [0.2, 0.25) is 0 Å². The molecule has 1 fully saturated rings. The molecule has 0 radical (unpaired) electrons. The van der Waals surface area contributed by atoms with E-state index in [2.05, 4.69) is 63.1 Å². The summed E-state index contributed by atoms with van der Waals surface area (Å²) >= 11 is 0. The number of aromatic nitrogens is 4. The molecular formula is C30H34N6O. The van der Waals surface area contributed by atoms with E-state index in [-0.39, 0.29) is 0 Å². The first-order valence-corrected chi connectivity index (χ1v) is 13.4. The molecule has 3 heterocycles. The zero-order valence-electron chi connectivity index (χ0n) is 21.6. The van der Waals surface area contributed by atoms with Gasteiger partial charge in [0.2, 0.25) is 0 Å². The number of rotatable bonds is 8. The number of fused-ring (bicyclic) bond motifs is 2. The second kappa shape index (κ2) is 10.3. The lowest BCUT2D eigenvalue weighted by atomic mass is 10.2. The number of unbranched alkanes of at least 4 members (excludes halogenated alkanes) is 1. The number of hydrogen-bond donors (Lipinski definition) is 2. The Morgan fingerprint density at radius 1 is 0.757 bits per heavy atom. The Balaban J connectivity index is 1.21. The number of aromatic amines is 2. The van der Waals surface area contributed by atoms with Gasteiger partial charge < -0.3 is 19.6 Å². The Morgan fingerprint density at radius 3 is 2.11 bits per heavy atom. The van der Waals surface area contributed by atoms with Gasteiger partial charge >= 0.3 is 0 Å². The van der Waals surface area contributed by atoms with E-state index < -0.39 is 0 Å². The van der Waals surface area contributed by atoms with Crippen molar-refractivity contribution in [3.63, 3.8) is 0 Å². The van der Waals surface area contributed by atoms with E-state index in [1.54, 1.807) is 0 Å². The number of imidazole rings is 2. The predicted octanol–water partition coefficient (Wildman–Crippen LogP) is 6.09. The molecule has 2 N–H and O–H groups in total. The zero-order valence-corrected chi connectivity index (χ0v) is 21.6. The summed E-state index contributed by atoms with van der Waals surface area (Å²) in [4.78, 5) is 21.8. The second-order valence-corrected chi connectivity index (χ2v) is 9.74. The van der Waals surface area contributed by atoms with Crippen molar-refractivity contribution in [2.75, 3.05) is 44.2 Å². The fourth-order valence-electron chi connectivity index (χ4n) is 5.10. The fraction of sp³-hybridized carbons (Fsp3) is 0.333. The molecule has 0 aliphatic carbocycles. The monoisotopic (exact) mass is 494 g/mol. The highest BCUT2D eigenvalue weighted by atomic mass is 16.5. The summed E-state index contributed by atoms with van der Waals surface area (Å²) < 4.78 is 5.56. The molecule has 6 rings (SSSR count). The molecule has 7 nitrogen and oxygen atoms in total. The van der Waals surface area contributed by atoms with Crippen molar-refractivity contribution in [3.8, 4) is 28.5 Å². The van der Waals surface area contributed by atoms with E-state index in [1.807, 2.05) is 31.2 Å². The Bertz CT molecular complexity index is 1490. The normalized spacial score (nSPS) is 14.6. The molecule has 0 saturated carbocycles. The van der Waals surface area contributed by atoms with E-state index in [0.717, 1.165) is 76.8 Å². The maximum absolute atomic E-state index is 5.56. The van der Waals surface area contributed by atoms with Crippen molar-refractivity contribution >= 4 is 27.8 Å². The molecule has 5 aromatic rings. The lowest BCUT2D eigenvalue weighted by Crippen LogP contribution is -2.46. The van der Waals surface area contributed by atoms with Crippen molar-refractivity contribution in [2.45, 2.75) is 26.7 Å². The molecule has 1 saturated heterocycles. The quantitative estimate of drug-likeness (QED) is 0.273. The first-order valence-electron chi connectivity index (χ1n) is 13.4. The smallest absolute Gasteiger partial charge is 0.138 e. The van der Waals surface area contributed by atoms with E-state index in [4.69, 9.17) is 14.7 Å². The summed E-state index contributed by atoms with van der Waals surface area (Å²) in [7, 11) is 0. The number of piperazine rings is 1. The van der Waals surface area contributed by atoms with Gasteiger partial charge in [-0.2, -0.15) is 0 Å². The number of nitrogens with one attached hydrogen (secondary N) is 2. The topological polar surface area (TPSA) is 73.1 Å². The molecule has 0 atom stereocenters. The number of hydrogen-bond acceptors (Lipinski definition) is 5. The van der Waals surface area contributed by atoms with E-state index in [1.165, 1.54) is 25.1 Å². The zero-order chi connectivity index (χ0) is 25.2. The van der Waals surface area contributed by atoms with Crippen LogP contribution in [0.4, 0.5) is 5.69 Å². The SMILES string of the molecule is CCCCN1CCN(c2ccc3[nH]c(-c4ccc5[nH]c(-c6ccc(OCC)cc6)nc5c4)nc3c2)CC1. The predicted molar refractivity (Wildman–Crippen MR) is 151 cm³/mol. The summed E-state index contributed by atoms with van der Waals surface area (Å²) in [5, 5.41) is 0. The van der Waals surface area contributed by atoms with Crippen molar-refractivity contribution < 1.29 is 4.74 Å². The molecule has 37 heavy (non-hydrogen) atoms. The van der Waals surface area contributed by atoms with Crippen molar-refractivity contribution in [1.82, 2.24) is 24.8 Å². The van der Waals surface area contributed by atoms with Gasteiger partial charge in [-0.15, -0.1) is 0 Å². The van der Waals surface area contributed by atoms with Crippen LogP contribution in [0.15, 0.2) is 60.7 Å². The van der Waals surface area contributed by atoms with Crippen molar-refractivity contribution in [3.05, 3.63) is 60.7 Å². The third-order valence-electron chi connectivity index (χ3n) is 7.23. The Morgan fingerprint density at radius 2 is 1.41 bits per heavy atom. The summed E-state index contributed by atoms with van der Waals surface area (Å²) in [5.74, 6) is 2.58. The fourth-order valence-corrected chi connectivity index (χ4v) is 5.10. The molecule has 190 valence electrons. The summed E-state index contributed by atoms with van der Waals surface area (Å²) in [5.41, 5.74) is 7.29. The Labute approximate surface area is 217 Å². The minimum Gasteiger partial charge on any atom is -0.494 e. The molecule has 0 unspecified atom stereocenters. The lowest BCUT2D eigenvalue weighted by molar-refractivity contribution is 0.254. The first kappa shape index (κ1) is 23.6. The number of H-pyrrole nitrogens is 2. The van der Waals surface area contributed by atoms with Crippen LogP contribution in [0.25, 0.3) is 44.8 Å². The van der Waals surface area contributed by atoms with Crippen LogP contribution < -0.4 is 9.64 Å². The van der Waals surface area contributed by atoms with Gasteiger partial charge in [-0.05, 0) is 80.6 Å². The van der Waals surface area contributed by atoms with Crippen LogP contribution in [-0.4, -0.2) is 64.2 Å². The average Bonchev–Trinajstić information content (AvgIpc) is 3.56. The summed E-state index contributed by atoms with van der Waals surface area (Å²) in [6.07, 6.45) is 2.55. The molecule has 0 spiro atoms. The van der Waals surface area contributed by atoms with Crippen LogP contribution in [0.3, 0.4) is 0 Å². The molecule has 1 aliphatic rings. The highest BCUT2D eigenvalue weighted by Gasteiger charge is 2.18. The van der Waals surface area contributed by atoms with Gasteiger partial charge in [-0.25, -0.2) is 9.97 Å². The molecule has 0 amide bonds. The van der Waals surface area contributed by atoms with Gasteiger partial charge in [0.1, 0.15) is 17.4 Å². The Kier molecular flexibility index (Phi) is 6.53. The number of ether oxygens (including phenoxy) is 1. The highest BCUT2D eigenvalue weighted by Crippen LogP contribution is 2.29. The third kappa shape index (κ3) is 4.91. The highest BCUT2D eigenvalue weighted by molar-refractivity contribution is 5.87. The van der Waals surface area contributed by atoms with Gasteiger partial charge in [0, 0.05) is 43.0 Å². The van der Waals surface area contributed by atoms with Gasteiger partial charge in [0.25, 0.3) is 0 Å². The molecule has 2 aromatic heterocycles. The average molecular weight is 495 g/mol. The largest absolute Gasteiger partial charge is 0.494 e. The maximum Gasteiger partial charge on any atom is 0.138 e. The Hall–Kier alpha value is -3.84. The number of nitrogens with zero attached hydrogens (tertiary/aromatic N) is 4. The summed E-state index contributed by atoms with van der Waals surface area (Å²) in [6.45, 7) is 10.5. The molecule has 7 heteroatoms. The second-order valence-electron chi connectivity index (χ2n) is 9.74.